The van der Waals surface area contributed by atoms with Gasteiger partial charge in [-0.15, -0.1) is 0 Å². The largest absolute Gasteiger partial charge is 0.481 e. The van der Waals surface area contributed by atoms with Gasteiger partial charge in [-0.1, -0.05) is 25.4 Å². The van der Waals surface area contributed by atoms with E-state index in [0.717, 1.165) is 18.7 Å². The molecule has 0 saturated carbocycles. The lowest BCUT2D eigenvalue weighted by Gasteiger charge is -2.36. The van der Waals surface area contributed by atoms with Gasteiger partial charge in [0.15, 0.2) is 6.10 Å². The summed E-state index contributed by atoms with van der Waals surface area (Å²) >= 11 is 6.00. The number of carbonyl (C=O) groups excluding carboxylic acids is 1. The molecule has 3 atom stereocenters. The summed E-state index contributed by atoms with van der Waals surface area (Å²) in [5, 5.41) is 0.708. The molecule has 0 bridgehead atoms. The lowest BCUT2D eigenvalue weighted by Crippen LogP contribution is -2.47. The molecule has 1 saturated heterocycles. The first-order valence-corrected chi connectivity index (χ1v) is 7.96. The van der Waals surface area contributed by atoms with E-state index in [2.05, 4.69) is 13.8 Å². The van der Waals surface area contributed by atoms with Crippen LogP contribution in [0, 0.1) is 18.8 Å². The molecular weight excluding hydrogens is 286 g/mol. The number of hydrogen-bond acceptors (Lipinski definition) is 2. The molecule has 1 aliphatic rings. The van der Waals surface area contributed by atoms with Gasteiger partial charge in [-0.25, -0.2) is 0 Å². The van der Waals surface area contributed by atoms with Crippen LogP contribution in [0.15, 0.2) is 18.2 Å². The van der Waals surface area contributed by atoms with Crippen LogP contribution in [0.4, 0.5) is 0 Å². The highest BCUT2D eigenvalue weighted by Gasteiger charge is 2.29. The molecule has 21 heavy (non-hydrogen) atoms. The zero-order valence-electron chi connectivity index (χ0n) is 13.2. The predicted molar refractivity (Wildman–Crippen MR) is 85.8 cm³/mol. The van der Waals surface area contributed by atoms with Crippen LogP contribution < -0.4 is 4.74 Å². The normalized spacial score (nSPS) is 23.8. The SMILES string of the molecule is Cc1cc(OC(C)C(=O)N2CC(C)CC(C)C2)ccc1Cl. The minimum atomic E-state index is -0.469. The third-order valence-electron chi connectivity index (χ3n) is 3.97. The standard InChI is InChI=1S/C17H24ClNO2/c1-11-7-12(2)10-19(9-11)17(20)14(4)21-15-5-6-16(18)13(3)8-15/h5-6,8,11-12,14H,7,9-10H2,1-4H3. The maximum atomic E-state index is 12.5. The summed E-state index contributed by atoms with van der Waals surface area (Å²) in [5.74, 6) is 1.88. The summed E-state index contributed by atoms with van der Waals surface area (Å²) in [5.41, 5.74) is 0.953. The van der Waals surface area contributed by atoms with Crippen molar-refractivity contribution in [2.45, 2.75) is 40.2 Å². The van der Waals surface area contributed by atoms with Crippen LogP contribution in [0.2, 0.25) is 5.02 Å². The van der Waals surface area contributed by atoms with E-state index in [9.17, 15) is 4.79 Å². The van der Waals surface area contributed by atoms with E-state index < -0.39 is 6.10 Å². The number of likely N-dealkylation sites (tertiary alicyclic amines) is 1. The minimum Gasteiger partial charge on any atom is -0.481 e. The molecule has 1 aromatic carbocycles. The zero-order valence-corrected chi connectivity index (χ0v) is 14.0. The highest BCUT2D eigenvalue weighted by Crippen LogP contribution is 2.24. The Labute approximate surface area is 132 Å². The molecular formula is C17H24ClNO2. The number of halogens is 1. The summed E-state index contributed by atoms with van der Waals surface area (Å²) in [7, 11) is 0. The van der Waals surface area contributed by atoms with Gasteiger partial charge in [0.25, 0.3) is 5.91 Å². The van der Waals surface area contributed by atoms with Crippen molar-refractivity contribution in [1.29, 1.82) is 0 Å². The molecule has 3 unspecified atom stereocenters. The highest BCUT2D eigenvalue weighted by molar-refractivity contribution is 6.31. The molecule has 1 aliphatic heterocycles. The summed E-state index contributed by atoms with van der Waals surface area (Å²) < 4.78 is 5.79. The Morgan fingerprint density at radius 3 is 2.52 bits per heavy atom. The number of nitrogens with zero attached hydrogens (tertiary/aromatic N) is 1. The Bertz CT molecular complexity index is 508. The lowest BCUT2D eigenvalue weighted by atomic mass is 9.91. The van der Waals surface area contributed by atoms with Gasteiger partial charge in [0.1, 0.15) is 5.75 Å². The number of aryl methyl sites for hydroxylation is 1. The highest BCUT2D eigenvalue weighted by atomic mass is 35.5. The molecule has 1 aromatic rings. The molecule has 0 N–H and O–H groups in total. The van der Waals surface area contributed by atoms with Crippen molar-refractivity contribution in [3.05, 3.63) is 28.8 Å². The molecule has 0 aromatic heterocycles. The van der Waals surface area contributed by atoms with Gasteiger partial charge < -0.3 is 9.64 Å². The second-order valence-electron chi connectivity index (χ2n) is 6.36. The van der Waals surface area contributed by atoms with Crippen LogP contribution in [0.3, 0.4) is 0 Å². The van der Waals surface area contributed by atoms with Crippen molar-refractivity contribution >= 4 is 17.5 Å². The van der Waals surface area contributed by atoms with Gasteiger partial charge in [0, 0.05) is 18.1 Å². The second kappa shape index (κ2) is 6.69. The first-order valence-electron chi connectivity index (χ1n) is 7.58. The molecule has 1 heterocycles. The van der Waals surface area contributed by atoms with Crippen molar-refractivity contribution in [3.63, 3.8) is 0 Å². The number of piperidine rings is 1. The fraction of sp³-hybridized carbons (Fsp3) is 0.588. The van der Waals surface area contributed by atoms with Crippen LogP contribution in [0.5, 0.6) is 5.75 Å². The number of benzene rings is 1. The number of carbonyl (C=O) groups is 1. The van der Waals surface area contributed by atoms with Crippen LogP contribution >= 0.6 is 11.6 Å². The van der Waals surface area contributed by atoms with Gasteiger partial charge in [0.05, 0.1) is 0 Å². The topological polar surface area (TPSA) is 29.5 Å². The van der Waals surface area contributed by atoms with Gasteiger partial charge in [0.2, 0.25) is 0 Å². The van der Waals surface area contributed by atoms with E-state index in [-0.39, 0.29) is 5.91 Å². The monoisotopic (exact) mass is 309 g/mol. The maximum Gasteiger partial charge on any atom is 0.263 e. The average molecular weight is 310 g/mol. The van der Waals surface area contributed by atoms with E-state index in [0.29, 0.717) is 22.6 Å². The minimum absolute atomic E-state index is 0.0704. The van der Waals surface area contributed by atoms with Crippen LogP contribution in [0.25, 0.3) is 0 Å². The number of rotatable bonds is 3. The first-order chi connectivity index (χ1) is 9.86. The van der Waals surface area contributed by atoms with E-state index in [1.165, 1.54) is 6.42 Å². The Balaban J connectivity index is 2.00. The van der Waals surface area contributed by atoms with Crippen molar-refractivity contribution in [3.8, 4) is 5.75 Å². The van der Waals surface area contributed by atoms with Gasteiger partial charge in [-0.3, -0.25) is 4.79 Å². The summed E-state index contributed by atoms with van der Waals surface area (Å²) in [6.07, 6.45) is 0.721. The molecule has 1 fully saturated rings. The quantitative estimate of drug-likeness (QED) is 0.847. The van der Waals surface area contributed by atoms with Gasteiger partial charge in [-0.2, -0.15) is 0 Å². The molecule has 2 rings (SSSR count). The smallest absolute Gasteiger partial charge is 0.263 e. The zero-order chi connectivity index (χ0) is 15.6. The number of ether oxygens (including phenoxy) is 1. The molecule has 1 amide bonds. The molecule has 0 aliphatic carbocycles. The van der Waals surface area contributed by atoms with Crippen LogP contribution in [0.1, 0.15) is 32.8 Å². The van der Waals surface area contributed by atoms with Crippen molar-refractivity contribution in [1.82, 2.24) is 4.90 Å². The predicted octanol–water partition coefficient (Wildman–Crippen LogP) is 3.92. The van der Waals surface area contributed by atoms with E-state index in [1.54, 1.807) is 12.1 Å². The van der Waals surface area contributed by atoms with Crippen LogP contribution in [-0.4, -0.2) is 30.0 Å². The summed E-state index contributed by atoms with van der Waals surface area (Å²) in [4.78, 5) is 14.5. The van der Waals surface area contributed by atoms with E-state index in [1.807, 2.05) is 24.8 Å². The average Bonchev–Trinajstić information content (AvgIpc) is 2.41. The molecule has 0 spiro atoms. The Kier molecular flexibility index (Phi) is 5.15. The lowest BCUT2D eigenvalue weighted by molar-refractivity contribution is -0.140. The summed E-state index contributed by atoms with van der Waals surface area (Å²) in [6, 6.07) is 5.47. The third-order valence-corrected chi connectivity index (χ3v) is 4.39. The van der Waals surface area contributed by atoms with Crippen molar-refractivity contribution in [2.24, 2.45) is 11.8 Å². The number of amides is 1. The van der Waals surface area contributed by atoms with Gasteiger partial charge >= 0.3 is 0 Å². The third kappa shape index (κ3) is 4.13. The molecule has 4 heteroatoms. The Morgan fingerprint density at radius 2 is 1.95 bits per heavy atom. The molecule has 0 radical (unpaired) electrons. The van der Waals surface area contributed by atoms with Gasteiger partial charge in [-0.05, 0) is 55.9 Å². The van der Waals surface area contributed by atoms with E-state index in [4.69, 9.17) is 16.3 Å². The van der Waals surface area contributed by atoms with Crippen molar-refractivity contribution < 1.29 is 9.53 Å². The molecule has 116 valence electrons. The Morgan fingerprint density at radius 1 is 1.33 bits per heavy atom. The Hall–Kier alpha value is -1.22. The fourth-order valence-corrected chi connectivity index (χ4v) is 3.16. The second-order valence-corrected chi connectivity index (χ2v) is 6.77. The van der Waals surface area contributed by atoms with E-state index >= 15 is 0 Å². The summed E-state index contributed by atoms with van der Waals surface area (Å²) in [6.45, 7) is 9.80. The maximum absolute atomic E-state index is 12.5. The number of hydrogen-bond donors (Lipinski definition) is 0. The van der Waals surface area contributed by atoms with Crippen LogP contribution in [-0.2, 0) is 4.79 Å². The van der Waals surface area contributed by atoms with Crippen molar-refractivity contribution in [2.75, 3.05) is 13.1 Å². The first kappa shape index (κ1) is 16.2. The molecule has 3 nitrogen and oxygen atoms in total. The fourth-order valence-electron chi connectivity index (χ4n) is 3.05.